The van der Waals surface area contributed by atoms with E-state index in [9.17, 15) is 19.5 Å². The normalized spacial score (nSPS) is 11.0. The first-order valence-corrected chi connectivity index (χ1v) is 9.35. The van der Waals surface area contributed by atoms with E-state index in [0.717, 1.165) is 30.4 Å². The number of carboxylic acids is 1. The van der Waals surface area contributed by atoms with E-state index >= 15 is 0 Å². The van der Waals surface area contributed by atoms with Crippen LogP contribution < -0.4 is 15.9 Å². The lowest BCUT2D eigenvalue weighted by atomic mass is 10.2. The number of fused-ring (bicyclic) bond motifs is 1. The summed E-state index contributed by atoms with van der Waals surface area (Å²) in [7, 11) is 0. The Labute approximate surface area is 166 Å². The molecular weight excluding hydrogens is 374 g/mol. The highest BCUT2D eigenvalue weighted by atomic mass is 16.4. The average molecular weight is 397 g/mol. The van der Waals surface area contributed by atoms with Gasteiger partial charge in [0, 0.05) is 43.9 Å². The Kier molecular flexibility index (Phi) is 5.72. The van der Waals surface area contributed by atoms with Crippen molar-refractivity contribution < 1.29 is 15.0 Å². The van der Waals surface area contributed by atoms with Gasteiger partial charge < -0.3 is 24.1 Å². The van der Waals surface area contributed by atoms with Gasteiger partial charge in [0.15, 0.2) is 11.3 Å². The van der Waals surface area contributed by atoms with Crippen molar-refractivity contribution in [3.05, 3.63) is 74.6 Å². The molecule has 2 N–H and O–H groups in total. The predicted molar refractivity (Wildman–Crippen MR) is 110 cm³/mol. The summed E-state index contributed by atoms with van der Waals surface area (Å²) < 4.78 is 2.58. The van der Waals surface area contributed by atoms with Crippen LogP contribution in [0.4, 0.5) is 5.69 Å². The molecule has 0 saturated heterocycles. The molecule has 3 rings (SSSR count). The first-order chi connectivity index (χ1) is 13.8. The Morgan fingerprint density at radius 1 is 1.17 bits per heavy atom. The maximum atomic E-state index is 12.8. The second-order valence-corrected chi connectivity index (χ2v) is 6.90. The first-order valence-electron chi connectivity index (χ1n) is 9.35. The Hall–Kier alpha value is -3.55. The van der Waals surface area contributed by atoms with Crippen LogP contribution in [0, 0.1) is 6.92 Å². The highest BCUT2D eigenvalue weighted by molar-refractivity contribution is 5.88. The summed E-state index contributed by atoms with van der Waals surface area (Å²) in [5, 5.41) is 19.2. The zero-order valence-electron chi connectivity index (χ0n) is 16.3. The number of carboxylic acid groups (broad SMARTS) is 1. The number of aromatic carboxylic acids is 1. The van der Waals surface area contributed by atoms with Gasteiger partial charge in [0.05, 0.1) is 0 Å². The van der Waals surface area contributed by atoms with E-state index in [4.69, 9.17) is 5.11 Å². The highest BCUT2D eigenvalue weighted by Crippen LogP contribution is 2.16. The summed E-state index contributed by atoms with van der Waals surface area (Å²) in [6.45, 7) is 5.82. The fraction of sp³-hybridized carbons (Fsp3) is 0.286. The zero-order chi connectivity index (χ0) is 21.1. The lowest BCUT2D eigenvalue weighted by Gasteiger charge is -2.25. The molecule has 0 aliphatic rings. The van der Waals surface area contributed by atoms with Crippen molar-refractivity contribution in [3.63, 3.8) is 0 Å². The Bertz CT molecular complexity index is 1180. The fourth-order valence-corrected chi connectivity index (χ4v) is 3.33. The van der Waals surface area contributed by atoms with Crippen molar-refractivity contribution >= 4 is 17.2 Å². The summed E-state index contributed by atoms with van der Waals surface area (Å²) >= 11 is 0. The second kappa shape index (κ2) is 8.22. The molecule has 3 aromatic rings. The molecule has 0 atom stereocenters. The van der Waals surface area contributed by atoms with Crippen LogP contribution >= 0.6 is 0 Å². The van der Waals surface area contributed by atoms with E-state index < -0.39 is 28.3 Å². The van der Waals surface area contributed by atoms with Crippen molar-refractivity contribution in [2.75, 3.05) is 18.0 Å². The van der Waals surface area contributed by atoms with Gasteiger partial charge in [0.2, 0.25) is 5.43 Å². The number of hydrogen-bond donors (Lipinski definition) is 2. The molecule has 2 heterocycles. The van der Waals surface area contributed by atoms with Gasteiger partial charge in [-0.15, -0.1) is 0 Å². The minimum atomic E-state index is -1.46. The van der Waals surface area contributed by atoms with E-state index in [1.54, 1.807) is 0 Å². The van der Waals surface area contributed by atoms with Crippen molar-refractivity contribution in [3.8, 4) is 5.75 Å². The maximum Gasteiger partial charge on any atom is 0.341 e. The molecule has 2 aromatic heterocycles. The quantitative estimate of drug-likeness (QED) is 0.633. The number of anilines is 1. The largest absolute Gasteiger partial charge is 0.503 e. The molecule has 0 amide bonds. The van der Waals surface area contributed by atoms with Gasteiger partial charge in [0.1, 0.15) is 5.56 Å². The van der Waals surface area contributed by atoms with Gasteiger partial charge in [-0.1, -0.05) is 19.1 Å². The number of nitrogens with zero attached hydrogens (tertiary/aromatic N) is 3. The number of aromatic nitrogens is 2. The van der Waals surface area contributed by atoms with Gasteiger partial charge in [-0.2, -0.15) is 0 Å². The van der Waals surface area contributed by atoms with Crippen molar-refractivity contribution in [2.45, 2.75) is 26.8 Å². The lowest BCUT2D eigenvalue weighted by Crippen LogP contribution is -2.32. The van der Waals surface area contributed by atoms with E-state index in [1.807, 2.05) is 25.1 Å². The molecule has 29 heavy (non-hydrogen) atoms. The average Bonchev–Trinajstić information content (AvgIpc) is 2.68. The van der Waals surface area contributed by atoms with Crippen LogP contribution in [0.1, 0.15) is 29.3 Å². The van der Waals surface area contributed by atoms with Gasteiger partial charge in [-0.3, -0.25) is 9.59 Å². The minimum Gasteiger partial charge on any atom is -0.503 e. The van der Waals surface area contributed by atoms with Crippen molar-refractivity contribution in [1.82, 2.24) is 8.97 Å². The fourth-order valence-electron chi connectivity index (χ4n) is 3.33. The van der Waals surface area contributed by atoms with Crippen molar-refractivity contribution in [2.24, 2.45) is 0 Å². The van der Waals surface area contributed by atoms with Gasteiger partial charge in [-0.05, 0) is 31.0 Å². The van der Waals surface area contributed by atoms with E-state index in [-0.39, 0.29) is 5.52 Å². The number of pyridine rings is 1. The Morgan fingerprint density at radius 2 is 1.93 bits per heavy atom. The topological polar surface area (TPSA) is 104 Å². The van der Waals surface area contributed by atoms with E-state index in [1.165, 1.54) is 21.4 Å². The Morgan fingerprint density at radius 3 is 2.59 bits per heavy atom. The smallest absolute Gasteiger partial charge is 0.341 e. The van der Waals surface area contributed by atoms with Gasteiger partial charge in [-0.25, -0.2) is 4.79 Å². The van der Waals surface area contributed by atoms with Crippen molar-refractivity contribution in [1.29, 1.82) is 0 Å². The highest BCUT2D eigenvalue weighted by Gasteiger charge is 2.18. The summed E-state index contributed by atoms with van der Waals surface area (Å²) in [6, 6.07) is 8.11. The SMILES string of the molecule is CCCN(CCn1ccn2cc(C(=O)O)c(=O)c(O)c2c1=O)c1cccc(C)c1. The minimum absolute atomic E-state index is 0.236. The third kappa shape index (κ3) is 4.01. The monoisotopic (exact) mass is 397 g/mol. The molecule has 0 aliphatic heterocycles. The second-order valence-electron chi connectivity index (χ2n) is 6.90. The molecule has 1 aromatic carbocycles. The van der Waals surface area contributed by atoms with Gasteiger partial charge in [0.25, 0.3) is 5.56 Å². The molecule has 8 nitrogen and oxygen atoms in total. The number of rotatable bonds is 7. The van der Waals surface area contributed by atoms with Crippen LogP contribution in [0.3, 0.4) is 0 Å². The summed E-state index contributed by atoms with van der Waals surface area (Å²) in [6.07, 6.45) is 4.96. The molecule has 0 fully saturated rings. The molecule has 0 saturated carbocycles. The van der Waals surface area contributed by atoms with E-state index in [0.29, 0.717) is 13.1 Å². The van der Waals surface area contributed by atoms with Crippen LogP contribution in [0.2, 0.25) is 0 Å². The van der Waals surface area contributed by atoms with Gasteiger partial charge >= 0.3 is 5.97 Å². The molecule has 0 aliphatic carbocycles. The number of aromatic hydroxyl groups is 1. The first kappa shape index (κ1) is 20.2. The van der Waals surface area contributed by atoms with Crippen LogP contribution in [0.25, 0.3) is 5.52 Å². The lowest BCUT2D eigenvalue weighted by molar-refractivity contribution is 0.0694. The molecule has 0 spiro atoms. The maximum absolute atomic E-state index is 12.8. The molecule has 0 radical (unpaired) electrons. The molecule has 8 heteroatoms. The summed E-state index contributed by atoms with van der Waals surface area (Å²) in [4.78, 5) is 38.2. The molecule has 0 unspecified atom stereocenters. The van der Waals surface area contributed by atoms with Crippen LogP contribution in [0.15, 0.2) is 52.4 Å². The number of carbonyl (C=O) groups is 1. The summed E-state index contributed by atoms with van der Waals surface area (Å²) in [5.41, 5.74) is -0.249. The third-order valence-electron chi connectivity index (χ3n) is 4.78. The molecular formula is C21H23N3O5. The number of aryl methyl sites for hydroxylation is 1. The molecule has 152 valence electrons. The number of hydrogen-bond acceptors (Lipinski definition) is 5. The Balaban J connectivity index is 1.96. The summed E-state index contributed by atoms with van der Waals surface area (Å²) in [5.74, 6) is -2.31. The standard InChI is InChI=1S/C21H23N3O5/c1-3-7-22(15-6-4-5-14(2)12-15)8-9-23-10-11-24-13-16(21(28)29)18(25)19(26)17(24)20(23)27/h4-6,10-13,26H,3,7-9H2,1-2H3,(H,28,29). The van der Waals surface area contributed by atoms with Crippen LogP contribution in [-0.2, 0) is 6.54 Å². The van der Waals surface area contributed by atoms with Crippen LogP contribution in [0.5, 0.6) is 5.75 Å². The molecule has 0 bridgehead atoms. The number of benzene rings is 1. The van der Waals surface area contributed by atoms with E-state index in [2.05, 4.69) is 17.9 Å². The predicted octanol–water partition coefficient (Wildman–Crippen LogP) is 2.09. The third-order valence-corrected chi connectivity index (χ3v) is 4.78. The zero-order valence-corrected chi connectivity index (χ0v) is 16.3. The van der Waals surface area contributed by atoms with Crippen LogP contribution in [-0.4, -0.2) is 38.2 Å².